The summed E-state index contributed by atoms with van der Waals surface area (Å²) in [5, 5.41) is 14.0. The number of fused-ring (bicyclic) bond motifs is 1. The number of benzene rings is 1. The van der Waals surface area contributed by atoms with Gasteiger partial charge in [0, 0.05) is 15.0 Å². The van der Waals surface area contributed by atoms with Gasteiger partial charge in [0.05, 0.1) is 24.5 Å². The minimum atomic E-state index is -1.09. The van der Waals surface area contributed by atoms with Crippen molar-refractivity contribution >= 4 is 39.5 Å². The summed E-state index contributed by atoms with van der Waals surface area (Å²) in [4.78, 5) is 15.5. The molecule has 0 aliphatic rings. The molecule has 1 aromatic carbocycles. The standard InChI is InChI=1S/C14H10IN3O3/c1-21-12-6-10-11(7-16-12)18(17-13(10)14(19)20)9-4-2-3-8(15)5-9/h2-7H,1H3,(H,19,20). The van der Waals surface area contributed by atoms with Gasteiger partial charge in [-0.2, -0.15) is 5.10 Å². The smallest absolute Gasteiger partial charge is 0.357 e. The first-order valence-electron chi connectivity index (χ1n) is 6.02. The minimum Gasteiger partial charge on any atom is -0.481 e. The molecule has 0 atom stereocenters. The SMILES string of the molecule is COc1cc2c(C(=O)O)nn(-c3cccc(I)c3)c2cn1. The minimum absolute atomic E-state index is 0.0236. The molecule has 0 amide bonds. The van der Waals surface area contributed by atoms with Gasteiger partial charge in [-0.3, -0.25) is 0 Å². The fraction of sp³-hybridized carbons (Fsp3) is 0.0714. The Bertz CT molecular complexity index is 845. The fourth-order valence-electron chi connectivity index (χ4n) is 2.07. The Hall–Kier alpha value is -2.16. The number of methoxy groups -OCH3 is 1. The lowest BCUT2D eigenvalue weighted by atomic mass is 10.2. The summed E-state index contributed by atoms with van der Waals surface area (Å²) in [7, 11) is 1.48. The zero-order valence-corrected chi connectivity index (χ0v) is 13.1. The summed E-state index contributed by atoms with van der Waals surface area (Å²) in [5.41, 5.74) is 1.38. The van der Waals surface area contributed by atoms with Gasteiger partial charge in [0.15, 0.2) is 5.69 Å². The van der Waals surface area contributed by atoms with Crippen molar-refractivity contribution < 1.29 is 14.6 Å². The van der Waals surface area contributed by atoms with E-state index >= 15 is 0 Å². The van der Waals surface area contributed by atoms with Gasteiger partial charge in [0.2, 0.25) is 5.88 Å². The second kappa shape index (κ2) is 5.32. The molecule has 0 saturated heterocycles. The Labute approximate surface area is 133 Å². The average molecular weight is 395 g/mol. The van der Waals surface area contributed by atoms with Crippen molar-refractivity contribution in [2.45, 2.75) is 0 Å². The lowest BCUT2D eigenvalue weighted by Crippen LogP contribution is -2.01. The summed E-state index contributed by atoms with van der Waals surface area (Å²) in [6, 6.07) is 9.21. The zero-order chi connectivity index (χ0) is 15.0. The van der Waals surface area contributed by atoms with Gasteiger partial charge in [0.25, 0.3) is 0 Å². The number of carboxylic acid groups (broad SMARTS) is 1. The first-order chi connectivity index (χ1) is 10.1. The summed E-state index contributed by atoms with van der Waals surface area (Å²) < 4.78 is 7.66. The molecule has 2 heterocycles. The van der Waals surface area contributed by atoms with Crippen LogP contribution >= 0.6 is 22.6 Å². The van der Waals surface area contributed by atoms with Gasteiger partial charge >= 0.3 is 5.97 Å². The molecule has 0 aliphatic heterocycles. The number of nitrogens with zero attached hydrogens (tertiary/aromatic N) is 3. The third-order valence-electron chi connectivity index (χ3n) is 3.01. The Kier molecular flexibility index (Phi) is 3.50. The number of aromatic nitrogens is 3. The second-order valence-electron chi connectivity index (χ2n) is 4.29. The highest BCUT2D eigenvalue weighted by molar-refractivity contribution is 14.1. The third kappa shape index (κ3) is 2.44. The molecule has 0 bridgehead atoms. The molecule has 2 aromatic heterocycles. The average Bonchev–Trinajstić information content (AvgIpc) is 2.86. The number of hydrogen-bond acceptors (Lipinski definition) is 4. The van der Waals surface area contributed by atoms with Crippen molar-refractivity contribution in [3.05, 3.63) is 45.8 Å². The second-order valence-corrected chi connectivity index (χ2v) is 5.53. The van der Waals surface area contributed by atoms with E-state index in [2.05, 4.69) is 32.7 Å². The Morgan fingerprint density at radius 1 is 1.38 bits per heavy atom. The molecule has 3 rings (SSSR count). The van der Waals surface area contributed by atoms with Crippen molar-refractivity contribution in [3.8, 4) is 11.6 Å². The predicted octanol–water partition coefficient (Wildman–Crippen LogP) is 2.73. The van der Waals surface area contributed by atoms with E-state index in [-0.39, 0.29) is 5.69 Å². The van der Waals surface area contributed by atoms with E-state index in [4.69, 9.17) is 4.74 Å². The van der Waals surface area contributed by atoms with Crippen LogP contribution in [0.25, 0.3) is 16.6 Å². The molecule has 1 N–H and O–H groups in total. The van der Waals surface area contributed by atoms with E-state index in [1.165, 1.54) is 7.11 Å². The first kappa shape index (κ1) is 13.8. The molecule has 0 radical (unpaired) electrons. The van der Waals surface area contributed by atoms with Crippen LogP contribution < -0.4 is 4.74 Å². The number of rotatable bonds is 3. The summed E-state index contributed by atoms with van der Waals surface area (Å²) >= 11 is 2.19. The van der Waals surface area contributed by atoms with E-state index in [0.29, 0.717) is 16.8 Å². The fourth-order valence-corrected chi connectivity index (χ4v) is 2.60. The molecular weight excluding hydrogens is 385 g/mol. The van der Waals surface area contributed by atoms with E-state index in [1.54, 1.807) is 16.9 Å². The molecule has 0 spiro atoms. The largest absolute Gasteiger partial charge is 0.481 e. The number of halogens is 1. The van der Waals surface area contributed by atoms with Crippen LogP contribution in [0.4, 0.5) is 0 Å². The van der Waals surface area contributed by atoms with Crippen molar-refractivity contribution in [2.24, 2.45) is 0 Å². The first-order valence-corrected chi connectivity index (χ1v) is 7.10. The van der Waals surface area contributed by atoms with Gasteiger partial charge < -0.3 is 9.84 Å². The number of hydrogen-bond donors (Lipinski definition) is 1. The van der Waals surface area contributed by atoms with E-state index in [0.717, 1.165) is 9.26 Å². The molecule has 0 aliphatic carbocycles. The summed E-state index contributed by atoms with van der Waals surface area (Å²) in [5.74, 6) is -0.732. The molecule has 6 nitrogen and oxygen atoms in total. The lowest BCUT2D eigenvalue weighted by Gasteiger charge is -2.04. The van der Waals surface area contributed by atoms with Crippen LogP contribution in [-0.4, -0.2) is 33.0 Å². The number of ether oxygens (including phenoxy) is 1. The quantitative estimate of drug-likeness (QED) is 0.691. The van der Waals surface area contributed by atoms with Crippen molar-refractivity contribution in [1.29, 1.82) is 0 Å². The molecule has 0 saturated carbocycles. The van der Waals surface area contributed by atoms with Crippen LogP contribution in [0.3, 0.4) is 0 Å². The Balaban J connectivity index is 2.31. The maximum Gasteiger partial charge on any atom is 0.357 e. The third-order valence-corrected chi connectivity index (χ3v) is 3.68. The lowest BCUT2D eigenvalue weighted by molar-refractivity contribution is 0.0692. The van der Waals surface area contributed by atoms with E-state index < -0.39 is 5.97 Å². The predicted molar refractivity (Wildman–Crippen MR) is 85.1 cm³/mol. The molecule has 0 fully saturated rings. The number of carboxylic acids is 1. The molecule has 21 heavy (non-hydrogen) atoms. The molecule has 3 aromatic rings. The van der Waals surface area contributed by atoms with Crippen molar-refractivity contribution in [3.63, 3.8) is 0 Å². The van der Waals surface area contributed by atoms with Gasteiger partial charge in [0.1, 0.15) is 0 Å². The van der Waals surface area contributed by atoms with Crippen LogP contribution in [0.1, 0.15) is 10.5 Å². The van der Waals surface area contributed by atoms with E-state index in [9.17, 15) is 9.90 Å². The number of carbonyl (C=O) groups is 1. The number of pyridine rings is 1. The highest BCUT2D eigenvalue weighted by atomic mass is 127. The monoisotopic (exact) mass is 395 g/mol. The zero-order valence-electron chi connectivity index (χ0n) is 10.9. The van der Waals surface area contributed by atoms with Gasteiger partial charge in [-0.25, -0.2) is 14.5 Å². The van der Waals surface area contributed by atoms with Crippen LogP contribution in [-0.2, 0) is 0 Å². The van der Waals surface area contributed by atoms with Gasteiger partial charge in [-0.15, -0.1) is 0 Å². The maximum absolute atomic E-state index is 11.4. The van der Waals surface area contributed by atoms with Gasteiger partial charge in [-0.1, -0.05) is 6.07 Å². The number of aromatic carboxylic acids is 1. The van der Waals surface area contributed by atoms with Crippen LogP contribution in [0.15, 0.2) is 36.5 Å². The molecule has 7 heteroatoms. The van der Waals surface area contributed by atoms with Crippen LogP contribution in [0, 0.1) is 3.57 Å². The van der Waals surface area contributed by atoms with Gasteiger partial charge in [-0.05, 0) is 40.8 Å². The topological polar surface area (TPSA) is 77.2 Å². The van der Waals surface area contributed by atoms with E-state index in [1.807, 2.05) is 24.3 Å². The molecular formula is C14H10IN3O3. The maximum atomic E-state index is 11.4. The van der Waals surface area contributed by atoms with Crippen LogP contribution in [0.5, 0.6) is 5.88 Å². The Morgan fingerprint density at radius 2 is 2.19 bits per heavy atom. The van der Waals surface area contributed by atoms with Crippen molar-refractivity contribution in [2.75, 3.05) is 7.11 Å². The highest BCUT2D eigenvalue weighted by Gasteiger charge is 2.18. The Morgan fingerprint density at radius 3 is 2.86 bits per heavy atom. The molecule has 0 unspecified atom stereocenters. The normalized spacial score (nSPS) is 10.8. The highest BCUT2D eigenvalue weighted by Crippen LogP contribution is 2.25. The van der Waals surface area contributed by atoms with Crippen LogP contribution in [0.2, 0.25) is 0 Å². The van der Waals surface area contributed by atoms with Crippen molar-refractivity contribution in [1.82, 2.24) is 14.8 Å². The summed E-state index contributed by atoms with van der Waals surface area (Å²) in [6.07, 6.45) is 1.56. The summed E-state index contributed by atoms with van der Waals surface area (Å²) in [6.45, 7) is 0. The molecule has 106 valence electrons.